The van der Waals surface area contributed by atoms with Crippen molar-refractivity contribution >= 4 is 21.6 Å². The highest BCUT2D eigenvalue weighted by atomic mass is 32.2. The quantitative estimate of drug-likeness (QED) is 0.842. The second kappa shape index (κ2) is 7.90. The summed E-state index contributed by atoms with van der Waals surface area (Å²) in [4.78, 5) is 16.6. The third-order valence-electron chi connectivity index (χ3n) is 4.59. The van der Waals surface area contributed by atoms with Crippen molar-refractivity contribution in [3.05, 3.63) is 42.4 Å². The van der Waals surface area contributed by atoms with Crippen LogP contribution in [-0.4, -0.2) is 41.3 Å². The largest absolute Gasteiger partial charge is 0.336 e. The zero-order valence-electron chi connectivity index (χ0n) is 15.0. The van der Waals surface area contributed by atoms with Crippen LogP contribution >= 0.6 is 0 Å². The van der Waals surface area contributed by atoms with Crippen molar-refractivity contribution < 1.29 is 13.2 Å². The van der Waals surface area contributed by atoms with Gasteiger partial charge in [0.05, 0.1) is 23.9 Å². The van der Waals surface area contributed by atoms with Crippen molar-refractivity contribution in [3.63, 3.8) is 0 Å². The van der Waals surface area contributed by atoms with Gasteiger partial charge in [0.1, 0.15) is 0 Å². The molecule has 1 amide bonds. The van der Waals surface area contributed by atoms with E-state index in [1.165, 1.54) is 16.8 Å². The van der Waals surface area contributed by atoms with Crippen LogP contribution in [0.1, 0.15) is 25.3 Å². The average molecular weight is 387 g/mol. The number of nitrogens with zero attached hydrogens (tertiary/aromatic N) is 4. The summed E-state index contributed by atoms with van der Waals surface area (Å²) in [5, 5.41) is 11.7. The standard InChI is InChI=1S/C18H21N5O3S/c1-2-22-12-17(20-13-22)27(25,26)23-8-4-6-15(11-23)18(24)21-16-7-3-5-14(9-16)10-19/h3,5,7,9,12-13,15H,2,4,6,8,11H2,1H3,(H,21,24)/t15-/m0/s1. The third kappa shape index (κ3) is 4.18. The van der Waals surface area contributed by atoms with Crippen LogP contribution in [-0.2, 0) is 21.4 Å². The van der Waals surface area contributed by atoms with E-state index < -0.39 is 15.9 Å². The van der Waals surface area contributed by atoms with Crippen molar-refractivity contribution in [2.24, 2.45) is 5.92 Å². The molecule has 0 bridgehead atoms. The molecule has 0 radical (unpaired) electrons. The molecular formula is C18H21N5O3S. The van der Waals surface area contributed by atoms with E-state index in [9.17, 15) is 13.2 Å². The van der Waals surface area contributed by atoms with E-state index >= 15 is 0 Å². The van der Waals surface area contributed by atoms with E-state index in [2.05, 4.69) is 10.3 Å². The first kappa shape index (κ1) is 19.1. The summed E-state index contributed by atoms with van der Waals surface area (Å²) >= 11 is 0. The van der Waals surface area contributed by atoms with Gasteiger partial charge in [0.2, 0.25) is 5.91 Å². The van der Waals surface area contributed by atoms with Crippen LogP contribution in [0.3, 0.4) is 0 Å². The average Bonchev–Trinajstić information content (AvgIpc) is 3.18. The molecular weight excluding hydrogens is 366 g/mol. The molecule has 1 fully saturated rings. The number of nitriles is 1. The minimum Gasteiger partial charge on any atom is -0.336 e. The van der Waals surface area contributed by atoms with E-state index in [1.807, 2.05) is 13.0 Å². The summed E-state index contributed by atoms with van der Waals surface area (Å²) in [5.74, 6) is -0.698. The lowest BCUT2D eigenvalue weighted by Gasteiger charge is -2.30. The van der Waals surface area contributed by atoms with E-state index in [0.29, 0.717) is 37.2 Å². The Hall–Kier alpha value is -2.70. The Balaban J connectivity index is 1.71. The van der Waals surface area contributed by atoms with Gasteiger partial charge in [0, 0.05) is 31.5 Å². The molecule has 0 unspecified atom stereocenters. The number of sulfonamides is 1. The second-order valence-electron chi connectivity index (χ2n) is 6.43. The molecule has 1 aliphatic heterocycles. The summed E-state index contributed by atoms with van der Waals surface area (Å²) in [6.45, 7) is 3.02. The van der Waals surface area contributed by atoms with Crippen LogP contribution in [0, 0.1) is 17.2 Å². The topological polar surface area (TPSA) is 108 Å². The minimum absolute atomic E-state index is 0.00660. The van der Waals surface area contributed by atoms with Gasteiger partial charge in [-0.3, -0.25) is 4.79 Å². The van der Waals surface area contributed by atoms with Gasteiger partial charge < -0.3 is 9.88 Å². The number of hydrogen-bond donors (Lipinski definition) is 1. The number of piperidine rings is 1. The van der Waals surface area contributed by atoms with Gasteiger partial charge in [-0.25, -0.2) is 13.4 Å². The first-order valence-corrected chi connectivity index (χ1v) is 10.2. The van der Waals surface area contributed by atoms with Gasteiger partial charge in [0.25, 0.3) is 10.0 Å². The maximum Gasteiger partial charge on any atom is 0.262 e. The molecule has 1 aromatic heterocycles. The minimum atomic E-state index is -3.72. The first-order valence-electron chi connectivity index (χ1n) is 8.77. The number of anilines is 1. The number of aromatic nitrogens is 2. The number of carbonyl (C=O) groups excluding carboxylic acids is 1. The third-order valence-corrected chi connectivity index (χ3v) is 6.34. The van der Waals surface area contributed by atoms with E-state index in [-0.39, 0.29) is 17.5 Å². The zero-order valence-corrected chi connectivity index (χ0v) is 15.8. The van der Waals surface area contributed by atoms with Crippen LogP contribution in [0.15, 0.2) is 41.8 Å². The molecule has 0 aliphatic carbocycles. The summed E-state index contributed by atoms with van der Waals surface area (Å²) < 4.78 is 28.6. The molecule has 1 aliphatic rings. The molecule has 2 aromatic rings. The van der Waals surface area contributed by atoms with Crippen LogP contribution < -0.4 is 5.32 Å². The highest BCUT2D eigenvalue weighted by Gasteiger charge is 2.34. The molecule has 0 saturated carbocycles. The fourth-order valence-electron chi connectivity index (χ4n) is 3.06. The van der Waals surface area contributed by atoms with Crippen LogP contribution in [0.4, 0.5) is 5.69 Å². The number of nitrogens with one attached hydrogen (secondary N) is 1. The summed E-state index contributed by atoms with van der Waals surface area (Å²) in [5.41, 5.74) is 0.980. The fraction of sp³-hybridized carbons (Fsp3) is 0.389. The zero-order chi connectivity index (χ0) is 19.4. The normalized spacial score (nSPS) is 18.0. The molecule has 9 heteroatoms. The van der Waals surface area contributed by atoms with Crippen molar-refractivity contribution in [2.75, 3.05) is 18.4 Å². The molecule has 1 atom stereocenters. The summed E-state index contributed by atoms with van der Waals surface area (Å²) in [6.07, 6.45) is 4.21. The lowest BCUT2D eigenvalue weighted by molar-refractivity contribution is -0.120. The van der Waals surface area contributed by atoms with Crippen LogP contribution in [0.5, 0.6) is 0 Å². The maximum absolute atomic E-state index is 12.8. The monoisotopic (exact) mass is 387 g/mol. The second-order valence-corrected chi connectivity index (χ2v) is 8.31. The molecule has 27 heavy (non-hydrogen) atoms. The molecule has 3 rings (SSSR count). The van der Waals surface area contributed by atoms with Crippen LogP contribution in [0.2, 0.25) is 0 Å². The molecule has 1 aromatic carbocycles. The highest BCUT2D eigenvalue weighted by molar-refractivity contribution is 7.89. The summed E-state index contributed by atoms with van der Waals surface area (Å²) in [6, 6.07) is 8.66. The first-order chi connectivity index (χ1) is 12.9. The van der Waals surface area contributed by atoms with Gasteiger partial charge in [-0.2, -0.15) is 9.57 Å². The van der Waals surface area contributed by atoms with E-state index in [0.717, 1.165) is 0 Å². The smallest absolute Gasteiger partial charge is 0.262 e. The Bertz CT molecular complexity index is 977. The van der Waals surface area contributed by atoms with Gasteiger partial charge in [0.15, 0.2) is 5.03 Å². The van der Waals surface area contributed by atoms with Gasteiger partial charge >= 0.3 is 0 Å². The van der Waals surface area contributed by atoms with Crippen LogP contribution in [0.25, 0.3) is 0 Å². The van der Waals surface area contributed by atoms with Crippen molar-refractivity contribution in [3.8, 4) is 6.07 Å². The van der Waals surface area contributed by atoms with Gasteiger partial charge in [-0.05, 0) is 38.0 Å². The number of imidazole rings is 1. The Morgan fingerprint density at radius 2 is 2.26 bits per heavy atom. The number of hydrogen-bond acceptors (Lipinski definition) is 5. The molecule has 1 saturated heterocycles. The number of rotatable bonds is 5. The molecule has 142 valence electrons. The summed E-state index contributed by atoms with van der Waals surface area (Å²) in [7, 11) is -3.72. The van der Waals surface area contributed by atoms with Crippen molar-refractivity contribution in [2.45, 2.75) is 31.3 Å². The number of aryl methyl sites for hydroxylation is 1. The lowest BCUT2D eigenvalue weighted by Crippen LogP contribution is -2.43. The number of benzene rings is 1. The van der Waals surface area contributed by atoms with Gasteiger partial charge in [-0.15, -0.1) is 0 Å². The molecule has 8 nitrogen and oxygen atoms in total. The molecule has 0 spiro atoms. The predicted octanol–water partition coefficient (Wildman–Crippen LogP) is 1.81. The van der Waals surface area contributed by atoms with Gasteiger partial charge in [-0.1, -0.05) is 6.07 Å². The van der Waals surface area contributed by atoms with E-state index in [4.69, 9.17) is 5.26 Å². The maximum atomic E-state index is 12.8. The Labute approximate surface area is 158 Å². The number of amides is 1. The Kier molecular flexibility index (Phi) is 5.58. The number of carbonyl (C=O) groups is 1. The molecule has 2 heterocycles. The fourth-order valence-corrected chi connectivity index (χ4v) is 4.52. The lowest BCUT2D eigenvalue weighted by atomic mass is 9.98. The predicted molar refractivity (Wildman–Crippen MR) is 99.2 cm³/mol. The van der Waals surface area contributed by atoms with Crippen molar-refractivity contribution in [1.29, 1.82) is 5.26 Å². The Morgan fingerprint density at radius 3 is 2.96 bits per heavy atom. The SMILES string of the molecule is CCn1cnc(S(=O)(=O)N2CCC[C@H](C(=O)Nc3cccc(C#N)c3)C2)c1. The Morgan fingerprint density at radius 1 is 1.44 bits per heavy atom. The molecule has 1 N–H and O–H groups in total. The van der Waals surface area contributed by atoms with E-state index in [1.54, 1.807) is 28.8 Å². The highest BCUT2D eigenvalue weighted by Crippen LogP contribution is 2.24. The van der Waals surface area contributed by atoms with Crippen molar-refractivity contribution in [1.82, 2.24) is 13.9 Å².